The highest BCUT2D eigenvalue weighted by Crippen LogP contribution is 2.05. The topological polar surface area (TPSA) is 62.2 Å². The molecule has 0 unspecified atom stereocenters. The van der Waals surface area contributed by atoms with Gasteiger partial charge in [-0.2, -0.15) is 0 Å². The molecular weight excluding hydrogens is 240 g/mol. The molecule has 0 atom stereocenters. The molecule has 4 heteroatoms. The molecule has 0 spiro atoms. The van der Waals surface area contributed by atoms with Crippen LogP contribution in [0.25, 0.3) is 0 Å². The molecule has 1 heterocycles. The minimum absolute atomic E-state index is 0.0213. The molecule has 0 bridgehead atoms. The minimum atomic E-state index is -0.0272. The number of benzene rings is 1. The van der Waals surface area contributed by atoms with Crippen LogP contribution in [0.3, 0.4) is 0 Å². The van der Waals surface area contributed by atoms with Crippen LogP contribution in [0.15, 0.2) is 48.8 Å². The molecule has 1 amide bonds. The van der Waals surface area contributed by atoms with E-state index in [1.54, 1.807) is 12.4 Å². The molecular formula is C15H16N2O2. The largest absolute Gasteiger partial charge is 0.392 e. The maximum absolute atomic E-state index is 11.8. The summed E-state index contributed by atoms with van der Waals surface area (Å²) < 4.78 is 0. The fourth-order valence-corrected chi connectivity index (χ4v) is 1.71. The second kappa shape index (κ2) is 6.66. The van der Waals surface area contributed by atoms with Gasteiger partial charge >= 0.3 is 0 Å². The van der Waals surface area contributed by atoms with Crippen LogP contribution < -0.4 is 5.32 Å². The zero-order chi connectivity index (χ0) is 13.5. The third kappa shape index (κ3) is 4.19. The highest BCUT2D eigenvalue weighted by molar-refractivity contribution is 5.78. The maximum atomic E-state index is 11.8. The number of nitrogens with zero attached hydrogens (tertiary/aromatic N) is 1. The number of hydrogen-bond donors (Lipinski definition) is 2. The van der Waals surface area contributed by atoms with Crippen molar-refractivity contribution in [3.8, 4) is 0 Å². The van der Waals surface area contributed by atoms with Crippen molar-refractivity contribution in [2.75, 3.05) is 0 Å². The van der Waals surface area contributed by atoms with E-state index in [-0.39, 0.29) is 12.5 Å². The summed E-state index contributed by atoms with van der Waals surface area (Å²) in [5.41, 5.74) is 2.76. The highest BCUT2D eigenvalue weighted by Gasteiger charge is 2.03. The Morgan fingerprint density at radius 2 is 1.84 bits per heavy atom. The van der Waals surface area contributed by atoms with Crippen molar-refractivity contribution in [2.24, 2.45) is 0 Å². The molecule has 0 aliphatic heterocycles. The second-order valence-electron chi connectivity index (χ2n) is 4.29. The van der Waals surface area contributed by atoms with Crippen LogP contribution in [0.4, 0.5) is 0 Å². The summed E-state index contributed by atoms with van der Waals surface area (Å²) in [7, 11) is 0. The number of rotatable bonds is 5. The lowest BCUT2D eigenvalue weighted by molar-refractivity contribution is -0.120. The Labute approximate surface area is 112 Å². The molecule has 2 aromatic rings. The van der Waals surface area contributed by atoms with Crippen LogP contribution in [0.2, 0.25) is 0 Å². The zero-order valence-corrected chi connectivity index (χ0v) is 10.5. The third-order valence-electron chi connectivity index (χ3n) is 2.78. The van der Waals surface area contributed by atoms with E-state index in [1.807, 2.05) is 36.4 Å². The van der Waals surface area contributed by atoms with Gasteiger partial charge in [0.15, 0.2) is 0 Å². The second-order valence-corrected chi connectivity index (χ2v) is 4.29. The van der Waals surface area contributed by atoms with Crippen molar-refractivity contribution in [2.45, 2.75) is 19.6 Å². The molecule has 4 nitrogen and oxygen atoms in total. The van der Waals surface area contributed by atoms with Gasteiger partial charge in [0.1, 0.15) is 0 Å². The maximum Gasteiger partial charge on any atom is 0.224 e. The Morgan fingerprint density at radius 1 is 1.11 bits per heavy atom. The summed E-state index contributed by atoms with van der Waals surface area (Å²) in [4.78, 5) is 15.8. The number of hydrogen-bond acceptors (Lipinski definition) is 3. The van der Waals surface area contributed by atoms with Crippen LogP contribution in [0, 0.1) is 0 Å². The normalized spacial score (nSPS) is 10.2. The van der Waals surface area contributed by atoms with Crippen molar-refractivity contribution in [1.29, 1.82) is 0 Å². The molecule has 19 heavy (non-hydrogen) atoms. The van der Waals surface area contributed by atoms with Gasteiger partial charge < -0.3 is 10.4 Å². The van der Waals surface area contributed by atoms with Gasteiger partial charge in [0.2, 0.25) is 5.91 Å². The summed E-state index contributed by atoms with van der Waals surface area (Å²) in [5, 5.41) is 11.8. The number of pyridine rings is 1. The van der Waals surface area contributed by atoms with Crippen molar-refractivity contribution in [1.82, 2.24) is 10.3 Å². The van der Waals surface area contributed by atoms with Crippen LogP contribution in [0.1, 0.15) is 16.7 Å². The minimum Gasteiger partial charge on any atom is -0.392 e. The van der Waals surface area contributed by atoms with Gasteiger partial charge in [-0.15, -0.1) is 0 Å². The van der Waals surface area contributed by atoms with Crippen LogP contribution in [-0.4, -0.2) is 16.0 Å². The van der Waals surface area contributed by atoms with Gasteiger partial charge in [-0.05, 0) is 22.8 Å². The smallest absolute Gasteiger partial charge is 0.224 e. The Kier molecular flexibility index (Phi) is 4.64. The molecule has 2 rings (SSSR count). The molecule has 0 fully saturated rings. The van der Waals surface area contributed by atoms with Crippen molar-refractivity contribution in [3.63, 3.8) is 0 Å². The van der Waals surface area contributed by atoms with Gasteiger partial charge in [0.25, 0.3) is 0 Å². The molecule has 0 saturated carbocycles. The summed E-state index contributed by atoms with van der Waals surface area (Å²) in [6.07, 6.45) is 3.77. The average Bonchev–Trinajstić information content (AvgIpc) is 2.47. The standard InChI is InChI=1S/C15H16N2O2/c18-11-13-5-3-12(4-6-13)8-15(19)17-10-14-2-1-7-16-9-14/h1-7,9,18H,8,10-11H2,(H,17,19). The van der Waals surface area contributed by atoms with Crippen LogP contribution in [-0.2, 0) is 24.4 Å². The van der Waals surface area contributed by atoms with Gasteiger partial charge in [-0.1, -0.05) is 30.3 Å². The molecule has 0 aliphatic rings. The monoisotopic (exact) mass is 256 g/mol. The highest BCUT2D eigenvalue weighted by atomic mass is 16.3. The summed E-state index contributed by atoms with van der Waals surface area (Å²) in [6.45, 7) is 0.509. The quantitative estimate of drug-likeness (QED) is 0.850. The lowest BCUT2D eigenvalue weighted by atomic mass is 10.1. The van der Waals surface area contributed by atoms with Gasteiger partial charge in [-0.3, -0.25) is 9.78 Å². The average molecular weight is 256 g/mol. The molecule has 2 N–H and O–H groups in total. The predicted octanol–water partition coefficient (Wildman–Crippen LogP) is 1.43. The Morgan fingerprint density at radius 3 is 2.47 bits per heavy atom. The fourth-order valence-electron chi connectivity index (χ4n) is 1.71. The first-order valence-electron chi connectivity index (χ1n) is 6.12. The number of nitrogens with one attached hydrogen (secondary N) is 1. The van der Waals surface area contributed by atoms with E-state index < -0.39 is 0 Å². The van der Waals surface area contributed by atoms with Gasteiger partial charge in [-0.25, -0.2) is 0 Å². The molecule has 1 aromatic carbocycles. The predicted molar refractivity (Wildman–Crippen MR) is 72.2 cm³/mol. The molecule has 0 radical (unpaired) electrons. The Bertz CT molecular complexity index is 524. The lowest BCUT2D eigenvalue weighted by Crippen LogP contribution is -2.24. The zero-order valence-electron chi connectivity index (χ0n) is 10.5. The van der Waals surface area contributed by atoms with Crippen LogP contribution >= 0.6 is 0 Å². The van der Waals surface area contributed by atoms with E-state index in [2.05, 4.69) is 10.3 Å². The number of aliphatic hydroxyl groups is 1. The van der Waals surface area contributed by atoms with E-state index in [9.17, 15) is 4.79 Å². The van der Waals surface area contributed by atoms with Crippen molar-refractivity contribution in [3.05, 3.63) is 65.5 Å². The number of aliphatic hydroxyl groups excluding tert-OH is 1. The molecule has 98 valence electrons. The number of carbonyl (C=O) groups excluding carboxylic acids is 1. The number of aromatic nitrogens is 1. The van der Waals surface area contributed by atoms with Crippen LogP contribution in [0.5, 0.6) is 0 Å². The summed E-state index contributed by atoms with van der Waals surface area (Å²) in [6, 6.07) is 11.1. The van der Waals surface area contributed by atoms with E-state index in [0.29, 0.717) is 13.0 Å². The Balaban J connectivity index is 1.83. The first-order valence-corrected chi connectivity index (χ1v) is 6.12. The lowest BCUT2D eigenvalue weighted by Gasteiger charge is -2.05. The summed E-state index contributed by atoms with van der Waals surface area (Å²) >= 11 is 0. The molecule has 0 aliphatic carbocycles. The van der Waals surface area contributed by atoms with E-state index in [1.165, 1.54) is 0 Å². The van der Waals surface area contributed by atoms with Gasteiger partial charge in [0.05, 0.1) is 13.0 Å². The number of carbonyl (C=O) groups is 1. The Hall–Kier alpha value is -2.20. The number of amides is 1. The van der Waals surface area contributed by atoms with E-state index in [4.69, 9.17) is 5.11 Å². The third-order valence-corrected chi connectivity index (χ3v) is 2.78. The first-order chi connectivity index (χ1) is 9.28. The molecule has 1 aromatic heterocycles. The van der Waals surface area contributed by atoms with E-state index >= 15 is 0 Å². The van der Waals surface area contributed by atoms with Crippen molar-refractivity contribution >= 4 is 5.91 Å². The van der Waals surface area contributed by atoms with Gasteiger partial charge in [0, 0.05) is 18.9 Å². The van der Waals surface area contributed by atoms with Crippen molar-refractivity contribution < 1.29 is 9.90 Å². The molecule has 0 saturated heterocycles. The fraction of sp³-hybridized carbons (Fsp3) is 0.200. The van der Waals surface area contributed by atoms with E-state index in [0.717, 1.165) is 16.7 Å². The SMILES string of the molecule is O=C(Cc1ccc(CO)cc1)NCc1cccnc1. The first kappa shape index (κ1) is 13.2. The summed E-state index contributed by atoms with van der Waals surface area (Å²) in [5.74, 6) is -0.0272.